The smallest absolute Gasteiger partial charge is 0.443 e. The van der Waals surface area contributed by atoms with Gasteiger partial charge in [-0.1, -0.05) is 267 Å². The Labute approximate surface area is 498 Å². The number of benzene rings is 10. The van der Waals surface area contributed by atoms with Crippen molar-refractivity contribution in [2.45, 2.75) is 0 Å². The van der Waals surface area contributed by atoms with E-state index in [4.69, 9.17) is 0 Å². The molecule has 12 aromatic rings. The molecule has 0 amide bonds. The molecule has 0 N–H and O–H groups in total. The van der Waals surface area contributed by atoms with Crippen LogP contribution in [0.3, 0.4) is 0 Å². The molecule has 2 heterocycles. The van der Waals surface area contributed by atoms with Crippen LogP contribution in [0.25, 0.3) is 77.7 Å². The van der Waals surface area contributed by atoms with Gasteiger partial charge in [-0.2, -0.15) is 0 Å². The Hall–Kier alpha value is -9.24. The maximum Gasteiger partial charge on any atom is 2.00 e. The van der Waals surface area contributed by atoms with E-state index in [-0.39, 0.29) is 40.8 Å². The van der Waals surface area contributed by atoms with Gasteiger partial charge in [-0.25, -0.2) is 0 Å². The second-order valence-corrected chi connectivity index (χ2v) is 17.4. The van der Waals surface area contributed by atoms with Crippen LogP contribution in [0.15, 0.2) is 326 Å². The second kappa shape index (κ2) is 32.5. The van der Waals surface area contributed by atoms with E-state index in [0.29, 0.717) is 0 Å². The minimum Gasteiger partial charge on any atom is -0.443 e. The van der Waals surface area contributed by atoms with Crippen LogP contribution < -0.4 is 0 Å². The van der Waals surface area contributed by atoms with Crippen LogP contribution >= 0.6 is 0 Å². The van der Waals surface area contributed by atoms with Gasteiger partial charge in [0, 0.05) is 12.4 Å². The largest absolute Gasteiger partial charge is 2.00 e. The summed E-state index contributed by atoms with van der Waals surface area (Å²) in [6.45, 7) is 0. The molecule has 0 unspecified atom stereocenters. The SMILES string of the molecule is C(=Nc1ccccc1)[N-]c1ccccc1.C(=Nc1ccccc1)[N-]c1ccccc1.[Pd+2].[Pd+2].[c-]1ccc(-c2ccccc2)cc1-c1cc(-c2ccccc2)ccn1.[c-]1ccc(-c2ccccc2)cc1-c1cc(-c2ccccc2)ccn1. The summed E-state index contributed by atoms with van der Waals surface area (Å²) in [5.74, 6) is 0. The first-order chi connectivity index (χ1) is 38.7. The Morgan fingerprint density at radius 2 is 0.562 bits per heavy atom. The zero-order valence-corrected chi connectivity index (χ0v) is 46.6. The fraction of sp³-hybridized carbons (Fsp3) is 0. The molecule has 0 aliphatic rings. The first-order valence-corrected chi connectivity index (χ1v) is 25.6. The maximum absolute atomic E-state index is 4.54. The molecule has 0 spiro atoms. The molecule has 10 aromatic carbocycles. The number of hydrogen-bond acceptors (Lipinski definition) is 4. The maximum atomic E-state index is 4.54. The van der Waals surface area contributed by atoms with Crippen LogP contribution in [0.1, 0.15) is 0 Å². The summed E-state index contributed by atoms with van der Waals surface area (Å²) in [4.78, 5) is 17.5. The summed E-state index contributed by atoms with van der Waals surface area (Å²) in [5, 5.41) is 8.42. The van der Waals surface area contributed by atoms with Crippen LogP contribution in [-0.4, -0.2) is 22.6 Å². The van der Waals surface area contributed by atoms with Crippen LogP contribution in [-0.2, 0) is 40.8 Å². The average molecular weight is 1220 g/mol. The Morgan fingerprint density at radius 3 is 0.875 bits per heavy atom. The first kappa shape index (κ1) is 58.4. The zero-order valence-electron chi connectivity index (χ0n) is 43.5. The van der Waals surface area contributed by atoms with Gasteiger partial charge in [-0.15, -0.1) is 70.8 Å². The van der Waals surface area contributed by atoms with Crippen molar-refractivity contribution in [2.75, 3.05) is 0 Å². The van der Waals surface area contributed by atoms with Gasteiger partial charge in [-0.05, 0) is 79.7 Å². The van der Waals surface area contributed by atoms with Gasteiger partial charge >= 0.3 is 40.8 Å². The van der Waals surface area contributed by atoms with Crippen LogP contribution in [0.4, 0.5) is 22.7 Å². The van der Waals surface area contributed by atoms with Crippen LogP contribution in [0, 0.1) is 12.1 Å². The summed E-state index contributed by atoms with van der Waals surface area (Å²) in [7, 11) is 0. The Bertz CT molecular complexity index is 3300. The first-order valence-electron chi connectivity index (χ1n) is 25.6. The predicted molar refractivity (Wildman–Crippen MR) is 327 cm³/mol. The summed E-state index contributed by atoms with van der Waals surface area (Å²) >= 11 is 0. The summed E-state index contributed by atoms with van der Waals surface area (Å²) in [5.41, 5.74) is 17.0. The molecule has 0 radical (unpaired) electrons. The van der Waals surface area contributed by atoms with E-state index < -0.39 is 0 Å². The number of para-hydroxylation sites is 4. The van der Waals surface area contributed by atoms with Gasteiger partial charge < -0.3 is 30.6 Å². The van der Waals surface area contributed by atoms with Gasteiger partial charge in [0.2, 0.25) is 0 Å². The molecule has 8 heteroatoms. The van der Waals surface area contributed by atoms with Crippen molar-refractivity contribution in [3.8, 4) is 67.0 Å². The minimum atomic E-state index is 0. The summed E-state index contributed by atoms with van der Waals surface area (Å²) < 4.78 is 0. The Kier molecular flexibility index (Phi) is 23.7. The van der Waals surface area contributed by atoms with Gasteiger partial charge in [-0.3, -0.25) is 0 Å². The van der Waals surface area contributed by atoms with E-state index in [1.807, 2.05) is 182 Å². The van der Waals surface area contributed by atoms with Gasteiger partial charge in [0.1, 0.15) is 0 Å². The molecule has 0 aliphatic carbocycles. The van der Waals surface area contributed by atoms with E-state index in [2.05, 4.69) is 176 Å². The fourth-order valence-corrected chi connectivity index (χ4v) is 8.01. The minimum absolute atomic E-state index is 0. The zero-order chi connectivity index (χ0) is 53.1. The number of aliphatic imine (C=N–C) groups is 2. The van der Waals surface area contributed by atoms with Crippen LogP contribution in [0.5, 0.6) is 0 Å². The standard InChI is InChI=1S/2C23H16N.2C13H11N2.2Pd/c2*1-3-8-18(9-4-1)20-12-7-13-22(16-20)23-17-21(14-15-24-23)19-10-5-2-6-11-19;2*1-3-7-12(8-4-1)14-11-15-13-9-5-2-6-10-13;;/h2*1-12,14-17H;2*1-11H;;/q4*-1;2*+2. The molecule has 6 nitrogen and oxygen atoms in total. The number of nitrogens with zero attached hydrogens (tertiary/aromatic N) is 6. The molecule has 392 valence electrons. The fourth-order valence-electron chi connectivity index (χ4n) is 8.01. The number of pyridine rings is 2. The van der Waals surface area contributed by atoms with E-state index in [9.17, 15) is 0 Å². The van der Waals surface area contributed by atoms with Crippen molar-refractivity contribution in [3.05, 3.63) is 338 Å². The van der Waals surface area contributed by atoms with Gasteiger partial charge in [0.25, 0.3) is 0 Å². The average Bonchev–Trinajstić information content (AvgIpc) is 3.54. The molecule has 12 rings (SSSR count). The Balaban J connectivity index is 0.000000157. The van der Waals surface area contributed by atoms with E-state index in [1.54, 1.807) is 12.7 Å². The molecule has 2 aromatic heterocycles. The van der Waals surface area contributed by atoms with Gasteiger partial charge in [0.15, 0.2) is 0 Å². The third-order valence-electron chi connectivity index (χ3n) is 12.0. The normalized spacial score (nSPS) is 10.2. The third-order valence-corrected chi connectivity index (χ3v) is 12.0. The van der Waals surface area contributed by atoms with E-state index in [0.717, 1.165) is 45.3 Å². The molecule has 0 bridgehead atoms. The topological polar surface area (TPSA) is 78.7 Å². The molecule has 0 saturated heterocycles. The summed E-state index contributed by atoms with van der Waals surface area (Å²) in [6, 6.07) is 108. The van der Waals surface area contributed by atoms with E-state index in [1.165, 1.54) is 44.5 Å². The molecular weight excluding hydrogens is 1160 g/mol. The quantitative estimate of drug-likeness (QED) is 0.0529. The van der Waals surface area contributed by atoms with Crippen LogP contribution in [0.2, 0.25) is 0 Å². The molecule has 80 heavy (non-hydrogen) atoms. The predicted octanol–water partition coefficient (Wildman–Crippen LogP) is 19.9. The number of aromatic nitrogens is 2. The van der Waals surface area contributed by atoms with Crippen molar-refractivity contribution in [1.29, 1.82) is 0 Å². The van der Waals surface area contributed by atoms with Crippen molar-refractivity contribution in [2.24, 2.45) is 9.98 Å². The second-order valence-electron chi connectivity index (χ2n) is 17.4. The van der Waals surface area contributed by atoms with Gasteiger partial charge in [0.05, 0.1) is 0 Å². The third kappa shape index (κ3) is 18.5. The summed E-state index contributed by atoms with van der Waals surface area (Å²) in [6.07, 6.45) is 6.87. The Morgan fingerprint density at radius 1 is 0.287 bits per heavy atom. The molecular formula is C72H54N6Pd2. The number of hydrogen-bond donors (Lipinski definition) is 0. The number of rotatable bonds is 12. The molecule has 0 saturated carbocycles. The van der Waals surface area contributed by atoms with E-state index >= 15 is 0 Å². The van der Waals surface area contributed by atoms with Crippen molar-refractivity contribution >= 4 is 35.4 Å². The molecule has 0 aliphatic heterocycles. The van der Waals surface area contributed by atoms with Crippen molar-refractivity contribution < 1.29 is 40.8 Å². The molecule has 0 atom stereocenters. The molecule has 0 fully saturated rings. The monoisotopic (exact) mass is 1210 g/mol. The van der Waals surface area contributed by atoms with Crippen molar-refractivity contribution in [3.63, 3.8) is 0 Å². The van der Waals surface area contributed by atoms with Crippen molar-refractivity contribution in [1.82, 2.24) is 9.97 Å².